The topological polar surface area (TPSA) is 69.0 Å². The number of fused-ring (bicyclic) bond motifs is 2. The minimum atomic E-state index is -0.205. The Morgan fingerprint density at radius 2 is 1.90 bits per heavy atom. The number of pyridine rings is 1. The molecule has 0 bridgehead atoms. The molecule has 0 saturated carbocycles. The largest absolute Gasteiger partial charge is 0.494 e. The Labute approximate surface area is 169 Å². The predicted molar refractivity (Wildman–Crippen MR) is 116 cm³/mol. The third kappa shape index (κ3) is 3.92. The molecule has 6 heteroatoms. The van der Waals surface area contributed by atoms with Crippen LogP contribution in [0.2, 0.25) is 0 Å². The van der Waals surface area contributed by atoms with Crippen LogP contribution in [0.4, 0.5) is 5.82 Å². The van der Waals surface area contributed by atoms with Crippen LogP contribution in [0.5, 0.6) is 5.75 Å². The summed E-state index contributed by atoms with van der Waals surface area (Å²) in [4.78, 5) is 17.6. The number of nitrogens with one attached hydrogen (secondary N) is 1. The number of aromatic nitrogens is 3. The second-order valence-electron chi connectivity index (χ2n) is 6.89. The molecule has 6 nitrogen and oxygen atoms in total. The minimum Gasteiger partial charge on any atom is -0.494 e. The summed E-state index contributed by atoms with van der Waals surface area (Å²) in [7, 11) is 0. The van der Waals surface area contributed by atoms with Crippen LogP contribution in [0.3, 0.4) is 0 Å². The number of carbonyl (C=O) groups is 1. The fourth-order valence-corrected chi connectivity index (χ4v) is 3.30. The number of amides is 1. The molecule has 29 heavy (non-hydrogen) atoms. The third-order valence-electron chi connectivity index (χ3n) is 4.81. The molecule has 0 aliphatic rings. The van der Waals surface area contributed by atoms with E-state index in [0.29, 0.717) is 18.0 Å². The normalized spacial score (nSPS) is 11.1. The zero-order chi connectivity index (χ0) is 20.2. The molecular formula is C23H24N4O2. The van der Waals surface area contributed by atoms with E-state index in [1.807, 2.05) is 41.9 Å². The van der Waals surface area contributed by atoms with Crippen molar-refractivity contribution in [1.82, 2.24) is 14.8 Å². The summed E-state index contributed by atoms with van der Waals surface area (Å²) in [6.45, 7) is 5.42. The maximum absolute atomic E-state index is 12.8. The monoisotopic (exact) mass is 388 g/mol. The lowest BCUT2D eigenvalue weighted by molar-refractivity contribution is 0.102. The molecule has 0 fully saturated rings. The molecule has 2 aromatic heterocycles. The Balaban J connectivity index is 1.70. The molecule has 0 aliphatic heterocycles. The molecular weight excluding hydrogens is 364 g/mol. The molecule has 0 spiro atoms. The van der Waals surface area contributed by atoms with Crippen LogP contribution < -0.4 is 10.1 Å². The first-order valence-corrected chi connectivity index (χ1v) is 10.00. The van der Waals surface area contributed by atoms with Crippen LogP contribution in [-0.2, 0) is 6.54 Å². The van der Waals surface area contributed by atoms with E-state index in [1.54, 1.807) is 24.3 Å². The lowest BCUT2D eigenvalue weighted by atomic mass is 10.1. The quantitative estimate of drug-likeness (QED) is 0.482. The average Bonchev–Trinajstić information content (AvgIpc) is 3.07. The van der Waals surface area contributed by atoms with E-state index in [-0.39, 0.29) is 5.91 Å². The second kappa shape index (κ2) is 8.31. The highest BCUT2D eigenvalue weighted by atomic mass is 16.5. The number of hydrogen-bond donors (Lipinski definition) is 1. The van der Waals surface area contributed by atoms with Gasteiger partial charge in [0.15, 0.2) is 11.5 Å². The molecule has 0 atom stereocenters. The van der Waals surface area contributed by atoms with Crippen LogP contribution >= 0.6 is 0 Å². The molecule has 0 radical (unpaired) electrons. The summed E-state index contributed by atoms with van der Waals surface area (Å²) in [5.41, 5.74) is 2.26. The van der Waals surface area contributed by atoms with Gasteiger partial charge in [0.25, 0.3) is 5.91 Å². The van der Waals surface area contributed by atoms with Crippen LogP contribution in [0.15, 0.2) is 54.6 Å². The lowest BCUT2D eigenvalue weighted by Crippen LogP contribution is -2.13. The van der Waals surface area contributed by atoms with Gasteiger partial charge in [0.05, 0.1) is 17.5 Å². The fraction of sp³-hybridized carbons (Fsp3) is 0.261. The molecule has 148 valence electrons. The van der Waals surface area contributed by atoms with Crippen molar-refractivity contribution in [1.29, 1.82) is 0 Å². The maximum atomic E-state index is 12.8. The molecule has 1 N–H and O–H groups in total. The zero-order valence-electron chi connectivity index (χ0n) is 16.7. The lowest BCUT2D eigenvalue weighted by Gasteiger charge is -2.05. The van der Waals surface area contributed by atoms with Crippen molar-refractivity contribution in [2.45, 2.75) is 33.2 Å². The van der Waals surface area contributed by atoms with Gasteiger partial charge in [-0.1, -0.05) is 31.5 Å². The molecule has 0 aliphatic carbocycles. The number of rotatable bonds is 7. The van der Waals surface area contributed by atoms with Gasteiger partial charge in [-0.05, 0) is 49.7 Å². The number of hydrogen-bond acceptors (Lipinski definition) is 4. The Bertz CT molecular complexity index is 1150. The van der Waals surface area contributed by atoms with Gasteiger partial charge in [-0.15, -0.1) is 0 Å². The molecule has 2 heterocycles. The van der Waals surface area contributed by atoms with Crippen molar-refractivity contribution in [3.05, 3.63) is 60.2 Å². The van der Waals surface area contributed by atoms with E-state index in [4.69, 9.17) is 9.72 Å². The number of unbranched alkanes of at least 4 members (excludes halogenated alkanes) is 1. The molecule has 4 aromatic rings. The Kier molecular flexibility index (Phi) is 5.42. The van der Waals surface area contributed by atoms with E-state index >= 15 is 0 Å². The first-order chi connectivity index (χ1) is 14.2. The number of nitrogens with zero attached hydrogens (tertiary/aromatic N) is 3. The average molecular weight is 388 g/mol. The van der Waals surface area contributed by atoms with Crippen molar-refractivity contribution < 1.29 is 9.53 Å². The predicted octanol–water partition coefficient (Wildman–Crippen LogP) is 5.04. The van der Waals surface area contributed by atoms with Gasteiger partial charge in [-0.2, -0.15) is 5.10 Å². The van der Waals surface area contributed by atoms with E-state index in [2.05, 4.69) is 17.3 Å². The molecule has 0 saturated heterocycles. The summed E-state index contributed by atoms with van der Waals surface area (Å²) >= 11 is 0. The van der Waals surface area contributed by atoms with Gasteiger partial charge in [0.2, 0.25) is 0 Å². The number of para-hydroxylation sites is 1. The molecule has 1 amide bonds. The number of aryl methyl sites for hydroxylation is 1. The van der Waals surface area contributed by atoms with Gasteiger partial charge in [-0.3, -0.25) is 4.79 Å². The van der Waals surface area contributed by atoms with Gasteiger partial charge in [0, 0.05) is 17.5 Å². The van der Waals surface area contributed by atoms with Crippen LogP contribution in [0.25, 0.3) is 21.9 Å². The van der Waals surface area contributed by atoms with Crippen molar-refractivity contribution >= 4 is 33.7 Å². The molecule has 2 aromatic carbocycles. The first-order valence-electron chi connectivity index (χ1n) is 10.00. The minimum absolute atomic E-state index is 0.205. The van der Waals surface area contributed by atoms with Gasteiger partial charge >= 0.3 is 0 Å². The summed E-state index contributed by atoms with van der Waals surface area (Å²) in [6.07, 6.45) is 2.06. The number of carbonyl (C=O) groups excluding carboxylic acids is 1. The zero-order valence-corrected chi connectivity index (χ0v) is 16.7. The highest BCUT2D eigenvalue weighted by Crippen LogP contribution is 2.27. The first kappa shape index (κ1) is 18.9. The smallest absolute Gasteiger partial charge is 0.256 e. The van der Waals surface area contributed by atoms with E-state index < -0.39 is 0 Å². The maximum Gasteiger partial charge on any atom is 0.256 e. The van der Waals surface area contributed by atoms with Crippen LogP contribution in [0.1, 0.15) is 37.0 Å². The second-order valence-corrected chi connectivity index (χ2v) is 6.89. The standard InChI is InChI=1S/C23H24N4O2/c1-3-5-14-27-22-19(15-17-8-6-7-9-20(17)24-22)21(26-27)25-23(28)16-10-12-18(13-11-16)29-4-2/h6-13,15H,3-5,14H2,1-2H3,(H,25,26,28). The van der Waals surface area contributed by atoms with Crippen LogP contribution in [-0.4, -0.2) is 27.3 Å². The SMILES string of the molecule is CCCCn1nc(NC(=O)c2ccc(OCC)cc2)c2cc3ccccc3nc21. The molecule has 0 unspecified atom stereocenters. The third-order valence-corrected chi connectivity index (χ3v) is 4.81. The summed E-state index contributed by atoms with van der Waals surface area (Å²) in [6, 6.07) is 17.1. The highest BCUT2D eigenvalue weighted by Gasteiger charge is 2.16. The van der Waals surface area contributed by atoms with E-state index in [1.165, 1.54) is 0 Å². The van der Waals surface area contributed by atoms with Crippen molar-refractivity contribution in [3.8, 4) is 5.75 Å². The summed E-state index contributed by atoms with van der Waals surface area (Å²) in [5, 5.41) is 9.49. The van der Waals surface area contributed by atoms with Gasteiger partial charge in [-0.25, -0.2) is 9.67 Å². The van der Waals surface area contributed by atoms with Gasteiger partial charge in [0.1, 0.15) is 5.75 Å². The Morgan fingerprint density at radius 3 is 2.66 bits per heavy atom. The highest BCUT2D eigenvalue weighted by molar-refractivity contribution is 6.08. The Hall–Kier alpha value is -3.41. The number of benzene rings is 2. The van der Waals surface area contributed by atoms with Crippen molar-refractivity contribution in [3.63, 3.8) is 0 Å². The van der Waals surface area contributed by atoms with Crippen molar-refractivity contribution in [2.24, 2.45) is 0 Å². The summed E-state index contributed by atoms with van der Waals surface area (Å²) in [5.74, 6) is 1.07. The number of ether oxygens (including phenoxy) is 1. The molecule has 4 rings (SSSR count). The van der Waals surface area contributed by atoms with Crippen LogP contribution in [0, 0.1) is 0 Å². The fourth-order valence-electron chi connectivity index (χ4n) is 3.30. The van der Waals surface area contributed by atoms with Gasteiger partial charge < -0.3 is 10.1 Å². The van der Waals surface area contributed by atoms with E-state index in [0.717, 1.165) is 47.1 Å². The Morgan fingerprint density at radius 1 is 1.10 bits per heavy atom. The number of anilines is 1. The van der Waals surface area contributed by atoms with E-state index in [9.17, 15) is 4.79 Å². The summed E-state index contributed by atoms with van der Waals surface area (Å²) < 4.78 is 7.33. The van der Waals surface area contributed by atoms with Crippen molar-refractivity contribution in [2.75, 3.05) is 11.9 Å².